The number of rotatable bonds is 2. The molecule has 2 aromatic heterocycles. The molecule has 2 heterocycles. The molecule has 0 saturated heterocycles. The standard InChI is InChI=1S/C16H13FN2O/c1-2-19-10-14(11-3-5-12(17)6-4-11)16(20)13-9-18-8-7-15(13)19/h3-10H,2H2,1H3. The number of aryl methyl sites for hydroxylation is 1. The minimum Gasteiger partial charge on any atom is -0.347 e. The fourth-order valence-corrected chi connectivity index (χ4v) is 2.34. The number of pyridine rings is 2. The van der Waals surface area contributed by atoms with Crippen molar-refractivity contribution in [2.45, 2.75) is 13.5 Å². The smallest absolute Gasteiger partial charge is 0.198 e. The first-order chi connectivity index (χ1) is 9.70. The lowest BCUT2D eigenvalue weighted by Crippen LogP contribution is -2.11. The molecule has 0 aliphatic carbocycles. The van der Waals surface area contributed by atoms with Crippen LogP contribution in [-0.2, 0) is 6.54 Å². The molecule has 1 aromatic carbocycles. The molecule has 0 aliphatic heterocycles. The third-order valence-electron chi connectivity index (χ3n) is 3.38. The van der Waals surface area contributed by atoms with Crippen LogP contribution < -0.4 is 5.43 Å². The molecule has 0 fully saturated rings. The minimum atomic E-state index is -0.313. The maximum Gasteiger partial charge on any atom is 0.198 e. The largest absolute Gasteiger partial charge is 0.347 e. The van der Waals surface area contributed by atoms with Crippen LogP contribution >= 0.6 is 0 Å². The summed E-state index contributed by atoms with van der Waals surface area (Å²) in [7, 11) is 0. The third-order valence-corrected chi connectivity index (χ3v) is 3.38. The van der Waals surface area contributed by atoms with E-state index in [1.54, 1.807) is 24.5 Å². The zero-order valence-electron chi connectivity index (χ0n) is 11.0. The van der Waals surface area contributed by atoms with E-state index in [0.717, 1.165) is 12.1 Å². The van der Waals surface area contributed by atoms with E-state index >= 15 is 0 Å². The van der Waals surface area contributed by atoms with Crippen LogP contribution in [0.4, 0.5) is 4.39 Å². The van der Waals surface area contributed by atoms with E-state index in [9.17, 15) is 9.18 Å². The summed E-state index contributed by atoms with van der Waals surface area (Å²) in [6.45, 7) is 2.76. The predicted octanol–water partition coefficient (Wildman–Crippen LogP) is 3.22. The van der Waals surface area contributed by atoms with Gasteiger partial charge in [0.15, 0.2) is 5.43 Å². The topological polar surface area (TPSA) is 34.9 Å². The summed E-state index contributed by atoms with van der Waals surface area (Å²) in [5, 5.41) is 0.580. The van der Waals surface area contributed by atoms with E-state index in [1.165, 1.54) is 12.1 Å². The molecule has 0 atom stereocenters. The van der Waals surface area contributed by atoms with Crippen LogP contribution in [0.15, 0.2) is 53.7 Å². The first kappa shape index (κ1) is 12.5. The fraction of sp³-hybridized carbons (Fsp3) is 0.125. The molecule has 0 N–H and O–H groups in total. The van der Waals surface area contributed by atoms with E-state index in [2.05, 4.69) is 4.98 Å². The monoisotopic (exact) mass is 268 g/mol. The Morgan fingerprint density at radius 1 is 1.20 bits per heavy atom. The molecule has 100 valence electrons. The van der Waals surface area contributed by atoms with Crippen LogP contribution in [-0.4, -0.2) is 9.55 Å². The second kappa shape index (κ2) is 4.89. The Balaban J connectivity index is 2.34. The van der Waals surface area contributed by atoms with E-state index < -0.39 is 0 Å². The number of benzene rings is 1. The Labute approximate surface area is 115 Å². The number of fused-ring (bicyclic) bond motifs is 1. The molecule has 20 heavy (non-hydrogen) atoms. The third kappa shape index (κ3) is 1.99. The van der Waals surface area contributed by atoms with Crippen molar-refractivity contribution in [3.8, 4) is 11.1 Å². The highest BCUT2D eigenvalue weighted by molar-refractivity contribution is 5.83. The maximum absolute atomic E-state index is 13.0. The van der Waals surface area contributed by atoms with Crippen LogP contribution in [0.25, 0.3) is 22.0 Å². The van der Waals surface area contributed by atoms with Crippen molar-refractivity contribution in [1.82, 2.24) is 9.55 Å². The number of halogens is 1. The first-order valence-corrected chi connectivity index (χ1v) is 6.44. The van der Waals surface area contributed by atoms with Crippen molar-refractivity contribution >= 4 is 10.9 Å². The highest BCUT2D eigenvalue weighted by Gasteiger charge is 2.10. The molecule has 0 saturated carbocycles. The molecule has 0 unspecified atom stereocenters. The zero-order chi connectivity index (χ0) is 14.1. The van der Waals surface area contributed by atoms with Crippen molar-refractivity contribution in [2.24, 2.45) is 0 Å². The second-order valence-electron chi connectivity index (χ2n) is 4.56. The van der Waals surface area contributed by atoms with Gasteiger partial charge in [0.25, 0.3) is 0 Å². The average molecular weight is 268 g/mol. The molecular formula is C16H13FN2O. The Kier molecular flexibility index (Phi) is 3.06. The Morgan fingerprint density at radius 3 is 2.65 bits per heavy atom. The number of hydrogen-bond acceptors (Lipinski definition) is 2. The van der Waals surface area contributed by atoms with Crippen molar-refractivity contribution in [3.63, 3.8) is 0 Å². The molecule has 3 aromatic rings. The Hall–Kier alpha value is -2.49. The quantitative estimate of drug-likeness (QED) is 0.715. The fourth-order valence-electron chi connectivity index (χ4n) is 2.34. The minimum absolute atomic E-state index is 0.0793. The first-order valence-electron chi connectivity index (χ1n) is 6.44. The van der Waals surface area contributed by atoms with Crippen LogP contribution in [0.2, 0.25) is 0 Å². The summed E-state index contributed by atoms with van der Waals surface area (Å²) < 4.78 is 15.0. The normalized spacial score (nSPS) is 10.9. The van der Waals surface area contributed by atoms with Crippen LogP contribution in [0.5, 0.6) is 0 Å². The van der Waals surface area contributed by atoms with Gasteiger partial charge in [-0.25, -0.2) is 4.39 Å². The lowest BCUT2D eigenvalue weighted by atomic mass is 10.1. The molecule has 0 amide bonds. The molecule has 0 radical (unpaired) electrons. The van der Waals surface area contributed by atoms with Gasteiger partial charge in [-0.05, 0) is 30.7 Å². The molecule has 0 aliphatic rings. The van der Waals surface area contributed by atoms with Crippen molar-refractivity contribution < 1.29 is 4.39 Å². The summed E-state index contributed by atoms with van der Waals surface area (Å²) in [6.07, 6.45) is 5.07. The number of aromatic nitrogens is 2. The highest BCUT2D eigenvalue weighted by Crippen LogP contribution is 2.19. The van der Waals surface area contributed by atoms with Crippen molar-refractivity contribution in [2.75, 3.05) is 0 Å². The van der Waals surface area contributed by atoms with E-state index in [-0.39, 0.29) is 11.2 Å². The maximum atomic E-state index is 13.0. The van der Waals surface area contributed by atoms with Gasteiger partial charge >= 0.3 is 0 Å². The van der Waals surface area contributed by atoms with Gasteiger partial charge in [-0.15, -0.1) is 0 Å². The van der Waals surface area contributed by atoms with Gasteiger partial charge in [0.05, 0.1) is 10.9 Å². The molecular weight excluding hydrogens is 255 g/mol. The van der Waals surface area contributed by atoms with Gasteiger partial charge in [-0.3, -0.25) is 9.78 Å². The molecule has 3 rings (SSSR count). The van der Waals surface area contributed by atoms with Crippen molar-refractivity contribution in [1.29, 1.82) is 0 Å². The second-order valence-corrected chi connectivity index (χ2v) is 4.56. The number of nitrogens with zero attached hydrogens (tertiary/aromatic N) is 2. The molecule has 0 spiro atoms. The average Bonchev–Trinajstić information content (AvgIpc) is 2.49. The van der Waals surface area contributed by atoms with Gasteiger partial charge in [-0.1, -0.05) is 12.1 Å². The summed E-state index contributed by atoms with van der Waals surface area (Å²) in [6, 6.07) is 7.79. The van der Waals surface area contributed by atoms with Crippen LogP contribution in [0, 0.1) is 5.82 Å². The summed E-state index contributed by atoms with van der Waals surface area (Å²) in [5.74, 6) is -0.313. The van der Waals surface area contributed by atoms with E-state index in [4.69, 9.17) is 0 Å². The van der Waals surface area contributed by atoms with E-state index in [0.29, 0.717) is 16.5 Å². The van der Waals surface area contributed by atoms with Gasteiger partial charge < -0.3 is 4.57 Å². The molecule has 4 heteroatoms. The zero-order valence-corrected chi connectivity index (χ0v) is 11.0. The van der Waals surface area contributed by atoms with Crippen LogP contribution in [0.1, 0.15) is 6.92 Å². The van der Waals surface area contributed by atoms with Gasteiger partial charge in [0.2, 0.25) is 0 Å². The van der Waals surface area contributed by atoms with Gasteiger partial charge in [0, 0.05) is 30.7 Å². The summed E-state index contributed by atoms with van der Waals surface area (Å²) >= 11 is 0. The van der Waals surface area contributed by atoms with Crippen molar-refractivity contribution in [3.05, 3.63) is 65.0 Å². The predicted molar refractivity (Wildman–Crippen MR) is 77.1 cm³/mol. The van der Waals surface area contributed by atoms with E-state index in [1.807, 2.05) is 23.8 Å². The number of hydrogen-bond donors (Lipinski definition) is 0. The van der Waals surface area contributed by atoms with Gasteiger partial charge in [0.1, 0.15) is 5.82 Å². The summed E-state index contributed by atoms with van der Waals surface area (Å²) in [4.78, 5) is 16.6. The Morgan fingerprint density at radius 2 is 1.95 bits per heavy atom. The van der Waals surface area contributed by atoms with Crippen LogP contribution in [0.3, 0.4) is 0 Å². The lowest BCUT2D eigenvalue weighted by Gasteiger charge is -2.11. The Bertz CT molecular complexity index is 822. The SMILES string of the molecule is CCn1cc(-c2ccc(F)cc2)c(=O)c2cnccc21. The summed E-state index contributed by atoms with van der Waals surface area (Å²) in [5.41, 5.74) is 2.06. The molecule has 0 bridgehead atoms. The lowest BCUT2D eigenvalue weighted by molar-refractivity contribution is 0.628. The molecule has 3 nitrogen and oxygen atoms in total. The van der Waals surface area contributed by atoms with Gasteiger partial charge in [-0.2, -0.15) is 0 Å². The highest BCUT2D eigenvalue weighted by atomic mass is 19.1.